The highest BCUT2D eigenvalue weighted by atomic mass is 16.3. The molecular weight excluding hydrogens is 528 g/mol. The predicted molar refractivity (Wildman–Crippen MR) is 113 cm³/mol. The van der Waals surface area contributed by atoms with Gasteiger partial charge in [0.15, 0.2) is 12.3 Å². The Bertz CT molecular complexity index is 822. The smallest absolute Gasteiger partial charge is 0.332 e. The largest absolute Gasteiger partial charge is 0.376 e. The molecule has 2 rings (SSSR count). The van der Waals surface area contributed by atoms with Crippen LogP contribution >= 0.6 is 0 Å². The molecule has 2 fully saturated rings. The van der Waals surface area contributed by atoms with Gasteiger partial charge in [0.1, 0.15) is 53.8 Å². The summed E-state index contributed by atoms with van der Waals surface area (Å²) >= 11 is 0. The van der Waals surface area contributed by atoms with Crippen molar-refractivity contribution in [2.24, 2.45) is 0 Å². The summed E-state index contributed by atoms with van der Waals surface area (Å²) in [5.41, 5.74) is 0. The third kappa shape index (κ3) is 6.32. The molecule has 10 amide bonds. The Morgan fingerprint density at radius 1 is 0.605 bits per heavy atom. The Kier molecular flexibility index (Phi) is 12.5. The number of aliphatic hydroxyl groups excluding tert-OH is 8. The molecule has 2 heterocycles. The van der Waals surface area contributed by atoms with E-state index in [1.165, 1.54) is 0 Å². The van der Waals surface area contributed by atoms with Gasteiger partial charge in [-0.25, -0.2) is 29.0 Å². The van der Waals surface area contributed by atoms with Crippen LogP contribution in [-0.2, 0) is 9.59 Å². The van der Waals surface area contributed by atoms with Crippen LogP contribution in [-0.4, -0.2) is 172 Å². The zero-order valence-electron chi connectivity index (χ0n) is 19.5. The second kappa shape index (κ2) is 14.7. The minimum atomic E-state index is -1.60. The fourth-order valence-corrected chi connectivity index (χ4v) is 3.24. The lowest BCUT2D eigenvalue weighted by atomic mass is 10.4. The monoisotopic (exact) mass is 556 g/mol. The molecule has 216 valence electrons. The molecule has 22 nitrogen and oxygen atoms in total. The van der Waals surface area contributed by atoms with Gasteiger partial charge in [-0.3, -0.25) is 29.2 Å². The van der Waals surface area contributed by atoms with Crippen molar-refractivity contribution in [1.29, 1.82) is 0 Å². The molecule has 0 spiro atoms. The van der Waals surface area contributed by atoms with Crippen molar-refractivity contribution >= 4 is 35.9 Å². The van der Waals surface area contributed by atoms with E-state index in [0.29, 0.717) is 29.4 Å². The van der Waals surface area contributed by atoms with Crippen LogP contribution in [0.15, 0.2) is 0 Å². The summed E-state index contributed by atoms with van der Waals surface area (Å²) in [6.45, 7) is -7.00. The van der Waals surface area contributed by atoms with Gasteiger partial charge < -0.3 is 51.5 Å². The molecule has 2 unspecified atom stereocenters. The standard InChI is InChI=1S/2C8H14N4O7/c2*13-1-9-7(18)10(2-14)5-6(17)12(4-16)8(19)11(5)3-15/h2*5,13-16H,1-4H2,(H,9,18). The topological polar surface area (TPSA) is 308 Å². The lowest BCUT2D eigenvalue weighted by Crippen LogP contribution is -2.55. The normalized spacial score (nSPS) is 19.1. The second-order valence-corrected chi connectivity index (χ2v) is 6.85. The zero-order valence-corrected chi connectivity index (χ0v) is 19.5. The third-order valence-corrected chi connectivity index (χ3v) is 4.98. The molecule has 0 aromatic carbocycles. The molecule has 2 aliphatic rings. The lowest BCUT2D eigenvalue weighted by molar-refractivity contribution is -0.137. The van der Waals surface area contributed by atoms with Crippen LogP contribution in [0, 0.1) is 0 Å². The number of hydrogen-bond acceptors (Lipinski definition) is 14. The van der Waals surface area contributed by atoms with E-state index in [2.05, 4.69) is 0 Å². The van der Waals surface area contributed by atoms with E-state index >= 15 is 0 Å². The molecule has 2 atom stereocenters. The van der Waals surface area contributed by atoms with Gasteiger partial charge in [-0.1, -0.05) is 0 Å². The quantitative estimate of drug-likeness (QED) is 0.0883. The Morgan fingerprint density at radius 2 is 0.921 bits per heavy atom. The summed E-state index contributed by atoms with van der Waals surface area (Å²) in [5, 5.41) is 75.0. The summed E-state index contributed by atoms with van der Waals surface area (Å²) in [5.74, 6) is -1.97. The first kappa shape index (κ1) is 32.1. The van der Waals surface area contributed by atoms with Gasteiger partial charge in [-0.15, -0.1) is 0 Å². The third-order valence-electron chi connectivity index (χ3n) is 4.98. The molecule has 0 aromatic rings. The SMILES string of the molecule is O=C1C(N(CO)C(=O)NCO)N(CO)C(=O)N1CO.O=C1C(N(CO)C(=O)NCO)N(CO)C(=O)N1CO. The van der Waals surface area contributed by atoms with Crippen LogP contribution in [0.2, 0.25) is 0 Å². The van der Waals surface area contributed by atoms with Gasteiger partial charge in [0.05, 0.1) is 0 Å². The number of hydrogen-bond donors (Lipinski definition) is 10. The lowest BCUT2D eigenvalue weighted by Gasteiger charge is -2.29. The molecule has 0 radical (unpaired) electrons. The Morgan fingerprint density at radius 3 is 1.13 bits per heavy atom. The van der Waals surface area contributed by atoms with Gasteiger partial charge in [-0.05, 0) is 0 Å². The molecule has 0 aliphatic carbocycles. The summed E-state index contributed by atoms with van der Waals surface area (Å²) in [6.07, 6.45) is -3.19. The van der Waals surface area contributed by atoms with Crippen molar-refractivity contribution in [3.8, 4) is 0 Å². The Hall–Kier alpha value is -3.90. The highest BCUT2D eigenvalue weighted by Gasteiger charge is 2.50. The molecule has 2 aliphatic heterocycles. The van der Waals surface area contributed by atoms with E-state index in [9.17, 15) is 28.8 Å². The predicted octanol–water partition coefficient (Wildman–Crippen LogP) is -7.22. The highest BCUT2D eigenvalue weighted by Crippen LogP contribution is 2.20. The Balaban J connectivity index is 0.000000380. The molecule has 0 aromatic heterocycles. The highest BCUT2D eigenvalue weighted by molar-refractivity contribution is 6.05. The average molecular weight is 556 g/mol. The zero-order chi connectivity index (χ0) is 29.2. The van der Waals surface area contributed by atoms with Gasteiger partial charge in [-0.2, -0.15) is 0 Å². The maximum absolute atomic E-state index is 11.8. The number of amides is 10. The van der Waals surface area contributed by atoms with Gasteiger partial charge >= 0.3 is 24.1 Å². The average Bonchev–Trinajstić information content (AvgIpc) is 3.28. The van der Waals surface area contributed by atoms with E-state index in [1.54, 1.807) is 0 Å². The number of carbonyl (C=O) groups excluding carboxylic acids is 6. The van der Waals surface area contributed by atoms with Crippen molar-refractivity contribution in [1.82, 2.24) is 40.0 Å². The van der Waals surface area contributed by atoms with Crippen LogP contribution < -0.4 is 10.6 Å². The van der Waals surface area contributed by atoms with Crippen molar-refractivity contribution in [3.63, 3.8) is 0 Å². The molecule has 0 bridgehead atoms. The Labute approximate surface area is 212 Å². The van der Waals surface area contributed by atoms with E-state index in [4.69, 9.17) is 40.9 Å². The summed E-state index contributed by atoms with van der Waals surface area (Å²) in [7, 11) is 0. The first-order valence-electron chi connectivity index (χ1n) is 10.3. The number of rotatable bonds is 10. The number of imide groups is 2. The van der Waals surface area contributed by atoms with Crippen molar-refractivity contribution in [3.05, 3.63) is 0 Å². The first-order valence-corrected chi connectivity index (χ1v) is 10.3. The van der Waals surface area contributed by atoms with Crippen molar-refractivity contribution in [2.75, 3.05) is 53.8 Å². The fourth-order valence-electron chi connectivity index (χ4n) is 3.24. The number of nitrogens with one attached hydrogen (secondary N) is 2. The van der Waals surface area contributed by atoms with Gasteiger partial charge in [0, 0.05) is 0 Å². The molecule has 22 heteroatoms. The van der Waals surface area contributed by atoms with Crippen molar-refractivity contribution < 1.29 is 69.6 Å². The van der Waals surface area contributed by atoms with Crippen LogP contribution in [0.1, 0.15) is 0 Å². The van der Waals surface area contributed by atoms with E-state index in [1.807, 2.05) is 10.6 Å². The maximum atomic E-state index is 11.8. The molecule has 0 saturated carbocycles. The van der Waals surface area contributed by atoms with E-state index in [0.717, 1.165) is 0 Å². The number of carbonyl (C=O) groups is 6. The fraction of sp³-hybridized carbons (Fsp3) is 0.625. The first-order chi connectivity index (χ1) is 18.1. The minimum Gasteiger partial charge on any atom is -0.376 e. The van der Waals surface area contributed by atoms with Crippen LogP contribution in [0.25, 0.3) is 0 Å². The summed E-state index contributed by atoms with van der Waals surface area (Å²) in [6, 6.07) is -4.05. The molecule has 38 heavy (non-hydrogen) atoms. The maximum Gasteiger partial charge on any atom is 0.332 e. The van der Waals surface area contributed by atoms with Gasteiger partial charge in [0.25, 0.3) is 11.8 Å². The van der Waals surface area contributed by atoms with E-state index < -0.39 is 102 Å². The molecular formula is C16H28N8O14. The van der Waals surface area contributed by atoms with Crippen molar-refractivity contribution in [2.45, 2.75) is 12.3 Å². The van der Waals surface area contributed by atoms with Gasteiger partial charge in [0.2, 0.25) is 0 Å². The van der Waals surface area contributed by atoms with Crippen LogP contribution in [0.5, 0.6) is 0 Å². The number of aliphatic hydroxyl groups is 8. The summed E-state index contributed by atoms with van der Waals surface area (Å²) < 4.78 is 0. The molecule has 2 saturated heterocycles. The van der Waals surface area contributed by atoms with E-state index in [-0.39, 0.29) is 0 Å². The second-order valence-electron chi connectivity index (χ2n) is 6.85. The molecule has 10 N–H and O–H groups in total. The minimum absolute atomic E-state index is 0.399. The number of urea groups is 4. The van der Waals surface area contributed by atoms with Crippen LogP contribution in [0.3, 0.4) is 0 Å². The summed E-state index contributed by atoms with van der Waals surface area (Å²) in [4.78, 5) is 72.9. The number of nitrogens with zero attached hydrogens (tertiary/aromatic N) is 6. The van der Waals surface area contributed by atoms with Crippen LogP contribution in [0.4, 0.5) is 19.2 Å².